The van der Waals surface area contributed by atoms with Gasteiger partial charge in [-0.3, -0.25) is 9.69 Å². The third-order valence-corrected chi connectivity index (χ3v) is 6.04. The van der Waals surface area contributed by atoms with Gasteiger partial charge in [0.25, 0.3) is 5.91 Å². The highest BCUT2D eigenvalue weighted by Gasteiger charge is 2.31. The Hall–Kier alpha value is -2.60. The number of methoxy groups -OCH3 is 1. The molecule has 2 aliphatic heterocycles. The zero-order chi connectivity index (χ0) is 20.2. The number of rotatable bonds is 4. The number of carbonyl (C=O) groups excluding carboxylic acids is 1. The predicted molar refractivity (Wildman–Crippen MR) is 112 cm³/mol. The number of likely N-dealkylation sites (tertiary alicyclic amines) is 1. The quantitative estimate of drug-likeness (QED) is 0.794. The van der Waals surface area contributed by atoms with Crippen LogP contribution in [0.1, 0.15) is 23.2 Å². The molecule has 2 aromatic rings. The minimum Gasteiger partial charge on any atom is -0.496 e. The van der Waals surface area contributed by atoms with Crippen molar-refractivity contribution in [2.24, 2.45) is 0 Å². The van der Waals surface area contributed by atoms with Crippen LogP contribution in [0.5, 0.6) is 5.75 Å². The lowest BCUT2D eigenvalue weighted by Gasteiger charge is -2.44. The van der Waals surface area contributed by atoms with Gasteiger partial charge in [0.1, 0.15) is 11.6 Å². The van der Waals surface area contributed by atoms with Crippen molar-refractivity contribution in [3.63, 3.8) is 0 Å². The molecule has 1 amide bonds. The number of para-hydroxylation sites is 2. The van der Waals surface area contributed by atoms with E-state index in [1.807, 2.05) is 41.3 Å². The highest BCUT2D eigenvalue weighted by atomic mass is 19.1. The molecule has 2 heterocycles. The van der Waals surface area contributed by atoms with Gasteiger partial charge in [-0.1, -0.05) is 24.3 Å². The summed E-state index contributed by atoms with van der Waals surface area (Å²) in [4.78, 5) is 19.6. The molecular formula is C23H28FN3O2. The maximum Gasteiger partial charge on any atom is 0.257 e. The van der Waals surface area contributed by atoms with Gasteiger partial charge in [0, 0.05) is 45.3 Å². The van der Waals surface area contributed by atoms with Gasteiger partial charge in [0.05, 0.1) is 18.4 Å². The molecule has 2 aliphatic rings. The summed E-state index contributed by atoms with van der Waals surface area (Å²) in [5.74, 6) is 0.502. The lowest BCUT2D eigenvalue weighted by atomic mass is 10.0. The van der Waals surface area contributed by atoms with Crippen molar-refractivity contribution in [1.29, 1.82) is 0 Å². The molecule has 29 heavy (non-hydrogen) atoms. The molecule has 5 nitrogen and oxygen atoms in total. The third kappa shape index (κ3) is 4.22. The molecule has 2 saturated heterocycles. The maximum absolute atomic E-state index is 14.1. The number of carbonyl (C=O) groups is 1. The van der Waals surface area contributed by atoms with Gasteiger partial charge in [-0.2, -0.15) is 0 Å². The van der Waals surface area contributed by atoms with Crippen molar-refractivity contribution in [1.82, 2.24) is 9.80 Å². The lowest BCUT2D eigenvalue weighted by Crippen LogP contribution is -2.56. The summed E-state index contributed by atoms with van der Waals surface area (Å²) in [5.41, 5.74) is 1.31. The van der Waals surface area contributed by atoms with Crippen molar-refractivity contribution in [3.05, 3.63) is 59.9 Å². The normalized spacial score (nSPS) is 20.6. The van der Waals surface area contributed by atoms with Crippen LogP contribution < -0.4 is 9.64 Å². The van der Waals surface area contributed by atoms with E-state index in [1.54, 1.807) is 13.2 Å². The fraction of sp³-hybridized carbons (Fsp3) is 0.435. The molecule has 2 aromatic carbocycles. The van der Waals surface area contributed by atoms with E-state index in [9.17, 15) is 9.18 Å². The summed E-state index contributed by atoms with van der Waals surface area (Å²) in [6.07, 6.45) is 2.09. The molecular weight excluding hydrogens is 369 g/mol. The molecule has 0 bridgehead atoms. The lowest BCUT2D eigenvalue weighted by molar-refractivity contribution is 0.0560. The Morgan fingerprint density at radius 3 is 2.48 bits per heavy atom. The van der Waals surface area contributed by atoms with Crippen LogP contribution in [-0.2, 0) is 0 Å². The van der Waals surface area contributed by atoms with Crippen LogP contribution >= 0.6 is 0 Å². The van der Waals surface area contributed by atoms with Crippen molar-refractivity contribution >= 4 is 11.6 Å². The zero-order valence-corrected chi connectivity index (χ0v) is 16.9. The highest BCUT2D eigenvalue weighted by molar-refractivity contribution is 5.97. The fourth-order valence-corrected chi connectivity index (χ4v) is 4.47. The standard InChI is InChI=1S/C23H28FN3O2/c1-29-22-11-5-2-8-19(22)23(28)27-12-6-7-18(17-27)25-13-15-26(16-14-25)21-10-4-3-9-20(21)24/h2-5,8-11,18H,6-7,12-17H2,1H3/t18-/m0/s1. The molecule has 0 saturated carbocycles. The van der Waals surface area contributed by atoms with Crippen molar-refractivity contribution in [2.45, 2.75) is 18.9 Å². The molecule has 0 unspecified atom stereocenters. The smallest absolute Gasteiger partial charge is 0.257 e. The van der Waals surface area contributed by atoms with Gasteiger partial charge in [0.15, 0.2) is 0 Å². The van der Waals surface area contributed by atoms with Crippen LogP contribution in [0.4, 0.5) is 10.1 Å². The topological polar surface area (TPSA) is 36.0 Å². The summed E-state index contributed by atoms with van der Waals surface area (Å²) >= 11 is 0. The Balaban J connectivity index is 1.38. The number of amides is 1. The number of ether oxygens (including phenoxy) is 1. The number of piperazine rings is 1. The van der Waals surface area contributed by atoms with Crippen molar-refractivity contribution in [2.75, 3.05) is 51.3 Å². The van der Waals surface area contributed by atoms with Crippen LogP contribution in [0, 0.1) is 5.82 Å². The van der Waals surface area contributed by atoms with Gasteiger partial charge in [-0.05, 0) is 37.1 Å². The van der Waals surface area contributed by atoms with E-state index < -0.39 is 0 Å². The Morgan fingerprint density at radius 2 is 1.72 bits per heavy atom. The molecule has 154 valence electrons. The first-order valence-electron chi connectivity index (χ1n) is 10.3. The second kappa shape index (κ2) is 8.82. The molecule has 0 N–H and O–H groups in total. The molecule has 1 atom stereocenters. The minimum atomic E-state index is -0.160. The average molecular weight is 397 g/mol. The monoisotopic (exact) mass is 397 g/mol. The first kappa shape index (κ1) is 19.7. The summed E-state index contributed by atoms with van der Waals surface area (Å²) in [5, 5.41) is 0. The Bertz CT molecular complexity index is 852. The summed E-state index contributed by atoms with van der Waals surface area (Å²) in [6, 6.07) is 14.7. The third-order valence-electron chi connectivity index (χ3n) is 6.04. The number of piperidine rings is 1. The second-order valence-electron chi connectivity index (χ2n) is 7.72. The molecule has 0 aliphatic carbocycles. The maximum atomic E-state index is 14.1. The molecule has 0 radical (unpaired) electrons. The van der Waals surface area contributed by atoms with Gasteiger partial charge in [-0.15, -0.1) is 0 Å². The number of benzene rings is 2. The fourth-order valence-electron chi connectivity index (χ4n) is 4.47. The number of halogens is 1. The van der Waals surface area contributed by atoms with E-state index in [1.165, 1.54) is 6.07 Å². The Morgan fingerprint density at radius 1 is 1.00 bits per heavy atom. The van der Waals surface area contributed by atoms with Gasteiger partial charge in [0.2, 0.25) is 0 Å². The van der Waals surface area contributed by atoms with Crippen LogP contribution in [0.2, 0.25) is 0 Å². The molecule has 2 fully saturated rings. The Labute approximate surface area is 171 Å². The average Bonchev–Trinajstić information content (AvgIpc) is 2.79. The van der Waals surface area contributed by atoms with E-state index in [-0.39, 0.29) is 11.7 Å². The molecule has 6 heteroatoms. The van der Waals surface area contributed by atoms with Crippen LogP contribution in [0.3, 0.4) is 0 Å². The van der Waals surface area contributed by atoms with E-state index in [2.05, 4.69) is 9.80 Å². The first-order chi connectivity index (χ1) is 14.2. The summed E-state index contributed by atoms with van der Waals surface area (Å²) in [7, 11) is 1.60. The van der Waals surface area contributed by atoms with E-state index >= 15 is 0 Å². The molecule has 0 spiro atoms. The number of nitrogens with zero attached hydrogens (tertiary/aromatic N) is 3. The highest BCUT2D eigenvalue weighted by Crippen LogP contribution is 2.25. The number of hydrogen-bond acceptors (Lipinski definition) is 4. The van der Waals surface area contributed by atoms with Crippen LogP contribution in [-0.4, -0.2) is 68.1 Å². The van der Waals surface area contributed by atoms with Gasteiger partial charge in [-0.25, -0.2) is 4.39 Å². The van der Waals surface area contributed by atoms with Crippen molar-refractivity contribution in [3.8, 4) is 5.75 Å². The number of anilines is 1. The zero-order valence-electron chi connectivity index (χ0n) is 16.9. The van der Waals surface area contributed by atoms with Gasteiger partial charge < -0.3 is 14.5 Å². The predicted octanol–water partition coefficient (Wildman–Crippen LogP) is 3.26. The first-order valence-corrected chi connectivity index (χ1v) is 10.3. The molecule has 4 rings (SSSR count). The van der Waals surface area contributed by atoms with E-state index in [0.29, 0.717) is 23.0 Å². The Kier molecular flexibility index (Phi) is 6.00. The number of hydrogen-bond donors (Lipinski definition) is 0. The van der Waals surface area contributed by atoms with Crippen molar-refractivity contribution < 1.29 is 13.9 Å². The summed E-state index contributed by atoms with van der Waals surface area (Å²) in [6.45, 7) is 4.89. The summed E-state index contributed by atoms with van der Waals surface area (Å²) < 4.78 is 19.4. The van der Waals surface area contributed by atoms with Gasteiger partial charge >= 0.3 is 0 Å². The van der Waals surface area contributed by atoms with Crippen LogP contribution in [0.15, 0.2) is 48.5 Å². The van der Waals surface area contributed by atoms with E-state index in [4.69, 9.17) is 4.74 Å². The minimum absolute atomic E-state index is 0.0390. The van der Waals surface area contributed by atoms with Crippen LogP contribution in [0.25, 0.3) is 0 Å². The van der Waals surface area contributed by atoms with E-state index in [0.717, 1.165) is 52.1 Å². The largest absolute Gasteiger partial charge is 0.496 e. The second-order valence-corrected chi connectivity index (χ2v) is 7.72. The SMILES string of the molecule is COc1ccccc1C(=O)N1CCC[C@H](N2CCN(c3ccccc3F)CC2)C1. The molecule has 0 aromatic heterocycles.